The summed E-state index contributed by atoms with van der Waals surface area (Å²) in [5, 5.41) is 0. The van der Waals surface area contributed by atoms with Crippen LogP contribution in [-0.4, -0.2) is 35.7 Å². The number of rotatable bonds is 3. The number of carbonyl (C=O) groups excluding carboxylic acids is 2. The fourth-order valence-corrected chi connectivity index (χ4v) is 1.98. The molecule has 1 aliphatic heterocycles. The van der Waals surface area contributed by atoms with Crippen molar-refractivity contribution in [3.8, 4) is 0 Å². The molecule has 2 N–H and O–H groups in total. The maximum atomic E-state index is 11.9. The number of nitrogens with two attached hydrogens (primary N) is 1. The highest BCUT2D eigenvalue weighted by atomic mass is 16.3. The van der Waals surface area contributed by atoms with E-state index in [1.807, 2.05) is 0 Å². The van der Waals surface area contributed by atoms with Gasteiger partial charge in [0.1, 0.15) is 6.26 Å². The van der Waals surface area contributed by atoms with Crippen LogP contribution in [0.2, 0.25) is 0 Å². The number of amides is 1. The molecule has 1 saturated heterocycles. The largest absolute Gasteiger partial charge is 0.472 e. The Morgan fingerprint density at radius 1 is 1.53 bits per heavy atom. The van der Waals surface area contributed by atoms with Crippen LogP contribution in [-0.2, 0) is 4.79 Å². The molecule has 0 aromatic carbocycles. The van der Waals surface area contributed by atoms with E-state index in [2.05, 4.69) is 0 Å². The van der Waals surface area contributed by atoms with Crippen LogP contribution in [0.25, 0.3) is 0 Å². The molecular weight excluding hydrogens is 220 g/mol. The van der Waals surface area contributed by atoms with E-state index in [-0.39, 0.29) is 18.2 Å². The van der Waals surface area contributed by atoms with Crippen LogP contribution in [0.4, 0.5) is 0 Å². The van der Waals surface area contributed by atoms with Crippen LogP contribution in [0.1, 0.15) is 29.6 Å². The first-order chi connectivity index (χ1) is 8.18. The minimum Gasteiger partial charge on any atom is -0.472 e. The molecule has 0 bridgehead atoms. The van der Waals surface area contributed by atoms with Crippen molar-refractivity contribution in [2.75, 3.05) is 13.1 Å². The second-order valence-corrected chi connectivity index (χ2v) is 4.30. The number of hydrogen-bond donors (Lipinski definition) is 1. The number of nitrogens with zero attached hydrogens (tertiary/aromatic N) is 1. The van der Waals surface area contributed by atoms with Gasteiger partial charge in [-0.2, -0.15) is 0 Å². The summed E-state index contributed by atoms with van der Waals surface area (Å²) in [6.45, 7) is 0.697. The molecule has 2 rings (SSSR count). The number of carbonyl (C=O) groups is 2. The van der Waals surface area contributed by atoms with E-state index in [4.69, 9.17) is 10.2 Å². The lowest BCUT2D eigenvalue weighted by Crippen LogP contribution is -2.44. The summed E-state index contributed by atoms with van der Waals surface area (Å²) in [6.07, 6.45) is 5.38. The van der Waals surface area contributed by atoms with Crippen LogP contribution in [0.15, 0.2) is 23.0 Å². The highest BCUT2D eigenvalue weighted by Gasteiger charge is 2.25. The van der Waals surface area contributed by atoms with Crippen LogP contribution in [0, 0.1) is 0 Å². The van der Waals surface area contributed by atoms with E-state index in [0.29, 0.717) is 18.5 Å². The second-order valence-electron chi connectivity index (χ2n) is 4.30. The molecule has 2 heterocycles. The molecule has 1 aliphatic rings. The molecule has 1 amide bonds. The number of likely N-dealkylation sites (tertiary alicyclic amines) is 1. The van der Waals surface area contributed by atoms with Crippen LogP contribution < -0.4 is 5.73 Å². The van der Waals surface area contributed by atoms with Crippen LogP contribution in [0.5, 0.6) is 0 Å². The smallest absolute Gasteiger partial charge is 0.239 e. The quantitative estimate of drug-likeness (QED) is 0.787. The van der Waals surface area contributed by atoms with Gasteiger partial charge in [0.15, 0.2) is 5.78 Å². The van der Waals surface area contributed by atoms with Gasteiger partial charge in [-0.05, 0) is 25.3 Å². The third kappa shape index (κ3) is 2.74. The van der Waals surface area contributed by atoms with E-state index in [9.17, 15) is 9.59 Å². The van der Waals surface area contributed by atoms with Gasteiger partial charge in [-0.3, -0.25) is 9.59 Å². The molecule has 1 aromatic rings. The predicted octanol–water partition coefficient (Wildman–Crippen LogP) is 0.802. The van der Waals surface area contributed by atoms with E-state index >= 15 is 0 Å². The first kappa shape index (κ1) is 11.9. The zero-order valence-electron chi connectivity index (χ0n) is 9.59. The molecule has 1 aromatic heterocycles. The summed E-state index contributed by atoms with van der Waals surface area (Å²) in [5.74, 6) is -0.236. The van der Waals surface area contributed by atoms with Crippen molar-refractivity contribution in [2.45, 2.75) is 25.3 Å². The second kappa shape index (κ2) is 5.14. The number of hydrogen-bond acceptors (Lipinski definition) is 4. The summed E-state index contributed by atoms with van der Waals surface area (Å²) in [7, 11) is 0. The Morgan fingerprint density at radius 3 is 3.06 bits per heavy atom. The SMILES string of the molecule is N[C@H]1CCCCN(CC(=O)c2ccoc2)C1=O. The van der Waals surface area contributed by atoms with Crippen molar-refractivity contribution in [2.24, 2.45) is 5.73 Å². The maximum absolute atomic E-state index is 11.9. The summed E-state index contributed by atoms with van der Waals surface area (Å²) in [4.78, 5) is 25.3. The highest BCUT2D eigenvalue weighted by Crippen LogP contribution is 2.12. The van der Waals surface area contributed by atoms with Crippen molar-refractivity contribution in [1.82, 2.24) is 4.90 Å². The molecule has 0 radical (unpaired) electrons. The van der Waals surface area contributed by atoms with E-state index in [0.717, 1.165) is 12.8 Å². The summed E-state index contributed by atoms with van der Waals surface area (Å²) < 4.78 is 4.85. The zero-order chi connectivity index (χ0) is 12.3. The van der Waals surface area contributed by atoms with Crippen LogP contribution in [0.3, 0.4) is 0 Å². The average Bonchev–Trinajstić information content (AvgIpc) is 2.80. The molecule has 5 nitrogen and oxygen atoms in total. The molecule has 5 heteroatoms. The van der Waals surface area contributed by atoms with Gasteiger partial charge in [-0.25, -0.2) is 0 Å². The lowest BCUT2D eigenvalue weighted by Gasteiger charge is -2.21. The monoisotopic (exact) mass is 236 g/mol. The van der Waals surface area contributed by atoms with Gasteiger partial charge in [0, 0.05) is 6.54 Å². The van der Waals surface area contributed by atoms with E-state index in [1.165, 1.54) is 12.5 Å². The zero-order valence-corrected chi connectivity index (χ0v) is 9.59. The summed E-state index contributed by atoms with van der Waals surface area (Å²) >= 11 is 0. The molecule has 0 unspecified atom stereocenters. The van der Waals surface area contributed by atoms with Gasteiger partial charge >= 0.3 is 0 Å². The Bertz CT molecular complexity index is 400. The van der Waals surface area contributed by atoms with Gasteiger partial charge in [0.25, 0.3) is 0 Å². The topological polar surface area (TPSA) is 76.5 Å². The lowest BCUT2D eigenvalue weighted by atomic mass is 10.1. The van der Waals surface area contributed by atoms with Gasteiger partial charge in [0.05, 0.1) is 24.4 Å². The summed E-state index contributed by atoms with van der Waals surface area (Å²) in [6, 6.07) is 1.14. The molecular formula is C12H16N2O3. The molecule has 0 saturated carbocycles. The Morgan fingerprint density at radius 2 is 2.35 bits per heavy atom. The Balaban J connectivity index is 2.02. The fourth-order valence-electron chi connectivity index (χ4n) is 1.98. The van der Waals surface area contributed by atoms with Crippen molar-refractivity contribution in [3.05, 3.63) is 24.2 Å². The lowest BCUT2D eigenvalue weighted by molar-refractivity contribution is -0.131. The normalized spacial score (nSPS) is 21.4. The molecule has 17 heavy (non-hydrogen) atoms. The first-order valence-corrected chi connectivity index (χ1v) is 5.78. The van der Waals surface area contributed by atoms with Gasteiger partial charge in [0.2, 0.25) is 5.91 Å². The van der Waals surface area contributed by atoms with Crippen LogP contribution >= 0.6 is 0 Å². The molecule has 0 spiro atoms. The Kier molecular flexibility index (Phi) is 3.58. The maximum Gasteiger partial charge on any atom is 0.239 e. The fraction of sp³-hybridized carbons (Fsp3) is 0.500. The number of Topliss-reactive ketones (excluding diaryl/α,β-unsaturated/α-hetero) is 1. The third-order valence-electron chi connectivity index (χ3n) is 3.00. The van der Waals surface area contributed by atoms with Gasteiger partial charge in [-0.1, -0.05) is 0 Å². The summed E-state index contributed by atoms with van der Waals surface area (Å²) in [5.41, 5.74) is 6.24. The molecule has 1 atom stereocenters. The minimum atomic E-state index is -0.463. The standard InChI is InChI=1S/C12H16N2O3/c13-10-3-1-2-5-14(12(10)16)7-11(15)9-4-6-17-8-9/h4,6,8,10H,1-3,5,7,13H2/t10-/m0/s1. The van der Waals surface area contributed by atoms with Crippen molar-refractivity contribution >= 4 is 11.7 Å². The highest BCUT2D eigenvalue weighted by molar-refractivity contribution is 5.99. The Hall–Kier alpha value is -1.62. The van der Waals surface area contributed by atoms with Crippen molar-refractivity contribution in [3.63, 3.8) is 0 Å². The van der Waals surface area contributed by atoms with Gasteiger partial charge < -0.3 is 15.1 Å². The minimum absolute atomic E-state index is 0.0894. The first-order valence-electron chi connectivity index (χ1n) is 5.78. The number of furan rings is 1. The molecule has 1 fully saturated rings. The van der Waals surface area contributed by atoms with Crippen molar-refractivity contribution in [1.29, 1.82) is 0 Å². The predicted molar refractivity (Wildman–Crippen MR) is 61.4 cm³/mol. The Labute approximate surface area is 99.6 Å². The number of ketones is 1. The van der Waals surface area contributed by atoms with Crippen molar-refractivity contribution < 1.29 is 14.0 Å². The van der Waals surface area contributed by atoms with Gasteiger partial charge in [-0.15, -0.1) is 0 Å². The van der Waals surface area contributed by atoms with E-state index in [1.54, 1.807) is 11.0 Å². The average molecular weight is 236 g/mol. The van der Waals surface area contributed by atoms with E-state index < -0.39 is 6.04 Å². The third-order valence-corrected chi connectivity index (χ3v) is 3.00. The molecule has 92 valence electrons. The molecule has 0 aliphatic carbocycles.